The van der Waals surface area contributed by atoms with Crippen LogP contribution in [0.3, 0.4) is 0 Å². The Bertz CT molecular complexity index is 889. The second kappa shape index (κ2) is 9.21. The Labute approximate surface area is 169 Å². The van der Waals surface area contributed by atoms with Gasteiger partial charge in [0.15, 0.2) is 0 Å². The lowest BCUT2D eigenvalue weighted by molar-refractivity contribution is 0.125. The standard InChI is InChI=1S/C21H26N4O2S/c1-14(2)17-8-10-18(11-9-17)25-21(22-23-24-25)28-13-19(26)12-27-20-15(3)6-5-7-16(20)4/h5-11,14,19,26H,12-13H2,1-4H3/t19-/m1/s1. The summed E-state index contributed by atoms with van der Waals surface area (Å²) < 4.78 is 7.52. The van der Waals surface area contributed by atoms with Crippen LogP contribution in [0, 0.1) is 13.8 Å². The van der Waals surface area contributed by atoms with Gasteiger partial charge in [0.1, 0.15) is 12.4 Å². The highest BCUT2D eigenvalue weighted by Crippen LogP contribution is 2.24. The van der Waals surface area contributed by atoms with Crippen molar-refractivity contribution in [2.75, 3.05) is 12.4 Å². The Morgan fingerprint density at radius 3 is 2.39 bits per heavy atom. The molecule has 1 heterocycles. The summed E-state index contributed by atoms with van der Waals surface area (Å²) in [5.41, 5.74) is 4.30. The molecule has 6 nitrogen and oxygen atoms in total. The number of aryl methyl sites for hydroxylation is 2. The van der Waals surface area contributed by atoms with Crippen molar-refractivity contribution in [3.8, 4) is 11.4 Å². The molecule has 0 radical (unpaired) electrons. The lowest BCUT2D eigenvalue weighted by Crippen LogP contribution is -2.21. The van der Waals surface area contributed by atoms with Crippen LogP contribution < -0.4 is 4.74 Å². The van der Waals surface area contributed by atoms with E-state index in [9.17, 15) is 5.11 Å². The second-order valence-electron chi connectivity index (χ2n) is 7.12. The minimum absolute atomic E-state index is 0.226. The van der Waals surface area contributed by atoms with Crippen LogP contribution in [-0.4, -0.2) is 43.8 Å². The highest BCUT2D eigenvalue weighted by atomic mass is 32.2. The maximum atomic E-state index is 10.3. The Morgan fingerprint density at radius 1 is 1.07 bits per heavy atom. The van der Waals surface area contributed by atoms with Gasteiger partial charge in [0, 0.05) is 5.75 Å². The first-order valence-corrected chi connectivity index (χ1v) is 10.3. The highest BCUT2D eigenvalue weighted by molar-refractivity contribution is 7.99. The van der Waals surface area contributed by atoms with Crippen molar-refractivity contribution in [2.45, 2.75) is 44.9 Å². The summed E-state index contributed by atoms with van der Waals surface area (Å²) in [5.74, 6) is 1.75. The summed E-state index contributed by atoms with van der Waals surface area (Å²) >= 11 is 1.41. The van der Waals surface area contributed by atoms with Crippen LogP contribution in [0.4, 0.5) is 0 Å². The third kappa shape index (κ3) is 4.91. The van der Waals surface area contributed by atoms with E-state index < -0.39 is 6.10 Å². The number of hydrogen-bond acceptors (Lipinski definition) is 6. The number of tetrazole rings is 1. The number of aliphatic hydroxyl groups excluding tert-OH is 1. The summed E-state index contributed by atoms with van der Waals surface area (Å²) in [5, 5.41) is 22.9. The van der Waals surface area contributed by atoms with E-state index >= 15 is 0 Å². The van der Waals surface area contributed by atoms with Crippen molar-refractivity contribution < 1.29 is 9.84 Å². The quantitative estimate of drug-likeness (QED) is 0.580. The fraction of sp³-hybridized carbons (Fsp3) is 0.381. The molecular weight excluding hydrogens is 372 g/mol. The number of thioether (sulfide) groups is 1. The predicted octanol–water partition coefficient (Wildman–Crippen LogP) is 3.93. The minimum atomic E-state index is -0.627. The molecular formula is C21H26N4O2S. The Kier molecular flexibility index (Phi) is 6.70. The number of hydrogen-bond donors (Lipinski definition) is 1. The van der Waals surface area contributed by atoms with Crippen molar-refractivity contribution in [3.63, 3.8) is 0 Å². The number of ether oxygens (including phenoxy) is 1. The van der Waals surface area contributed by atoms with E-state index in [1.54, 1.807) is 4.68 Å². The molecule has 0 aliphatic carbocycles. The zero-order valence-corrected chi connectivity index (χ0v) is 17.5. The van der Waals surface area contributed by atoms with Gasteiger partial charge in [0.2, 0.25) is 5.16 Å². The zero-order valence-electron chi connectivity index (χ0n) is 16.7. The normalized spacial score (nSPS) is 12.4. The van der Waals surface area contributed by atoms with Gasteiger partial charge in [-0.3, -0.25) is 0 Å². The van der Waals surface area contributed by atoms with Crippen molar-refractivity contribution in [3.05, 3.63) is 59.2 Å². The largest absolute Gasteiger partial charge is 0.490 e. The van der Waals surface area contributed by atoms with Crippen LogP contribution >= 0.6 is 11.8 Å². The molecule has 0 spiro atoms. The summed E-state index contributed by atoms with van der Waals surface area (Å²) in [6.07, 6.45) is -0.627. The summed E-state index contributed by atoms with van der Waals surface area (Å²) in [6, 6.07) is 14.2. The van der Waals surface area contributed by atoms with Gasteiger partial charge in [0.25, 0.3) is 0 Å². The Balaban J connectivity index is 1.59. The van der Waals surface area contributed by atoms with E-state index in [0.717, 1.165) is 22.6 Å². The number of nitrogens with zero attached hydrogens (tertiary/aromatic N) is 4. The fourth-order valence-electron chi connectivity index (χ4n) is 2.86. The SMILES string of the molecule is Cc1cccc(C)c1OC[C@@H](O)CSc1nnnn1-c1ccc(C(C)C)cc1. The van der Waals surface area contributed by atoms with Crippen LogP contribution in [0.25, 0.3) is 5.69 Å². The maximum Gasteiger partial charge on any atom is 0.214 e. The van der Waals surface area contributed by atoms with Gasteiger partial charge >= 0.3 is 0 Å². The molecule has 7 heteroatoms. The fourth-order valence-corrected chi connectivity index (χ4v) is 3.65. The van der Waals surface area contributed by atoms with E-state index in [-0.39, 0.29) is 6.61 Å². The second-order valence-corrected chi connectivity index (χ2v) is 8.10. The molecule has 28 heavy (non-hydrogen) atoms. The number of benzene rings is 2. The Hall–Kier alpha value is -2.38. The minimum Gasteiger partial charge on any atom is -0.490 e. The Morgan fingerprint density at radius 2 is 1.75 bits per heavy atom. The number of para-hydroxylation sites is 1. The molecule has 1 aromatic heterocycles. The van der Waals surface area contributed by atoms with Crippen LogP contribution in [0.1, 0.15) is 36.5 Å². The first kappa shape index (κ1) is 20.4. The van der Waals surface area contributed by atoms with E-state index in [1.807, 2.05) is 44.2 Å². The third-order valence-corrected chi connectivity index (χ3v) is 5.54. The molecule has 1 atom stereocenters. The van der Waals surface area contributed by atoms with Gasteiger partial charge in [-0.25, -0.2) is 0 Å². The molecule has 1 N–H and O–H groups in total. The van der Waals surface area contributed by atoms with Gasteiger partial charge in [-0.15, -0.1) is 5.10 Å². The van der Waals surface area contributed by atoms with E-state index in [1.165, 1.54) is 17.3 Å². The van der Waals surface area contributed by atoms with Gasteiger partial charge in [-0.05, 0) is 59.0 Å². The molecule has 3 aromatic rings. The third-order valence-electron chi connectivity index (χ3n) is 4.48. The van der Waals surface area contributed by atoms with Gasteiger partial charge in [-0.1, -0.05) is 55.9 Å². The molecule has 0 amide bonds. The first-order chi connectivity index (χ1) is 13.5. The van der Waals surface area contributed by atoms with Crippen LogP contribution in [-0.2, 0) is 0 Å². The summed E-state index contributed by atoms with van der Waals surface area (Å²) in [7, 11) is 0. The molecule has 0 unspecified atom stereocenters. The van der Waals surface area contributed by atoms with E-state index in [0.29, 0.717) is 16.8 Å². The lowest BCUT2D eigenvalue weighted by atomic mass is 10.0. The molecule has 0 fully saturated rings. The zero-order chi connectivity index (χ0) is 20.1. The number of aromatic nitrogens is 4. The average Bonchev–Trinajstić information content (AvgIpc) is 3.14. The van der Waals surface area contributed by atoms with Crippen molar-refractivity contribution in [2.24, 2.45) is 0 Å². The number of rotatable bonds is 8. The van der Waals surface area contributed by atoms with Crippen molar-refractivity contribution >= 4 is 11.8 Å². The molecule has 148 valence electrons. The van der Waals surface area contributed by atoms with Gasteiger partial charge < -0.3 is 9.84 Å². The summed E-state index contributed by atoms with van der Waals surface area (Å²) in [4.78, 5) is 0. The molecule has 0 aliphatic rings. The average molecular weight is 399 g/mol. The summed E-state index contributed by atoms with van der Waals surface area (Å²) in [6.45, 7) is 8.55. The molecule has 0 saturated carbocycles. The topological polar surface area (TPSA) is 73.1 Å². The van der Waals surface area contributed by atoms with E-state index in [2.05, 4.69) is 41.5 Å². The van der Waals surface area contributed by atoms with Gasteiger partial charge in [-0.2, -0.15) is 4.68 Å². The van der Waals surface area contributed by atoms with Crippen molar-refractivity contribution in [1.29, 1.82) is 0 Å². The smallest absolute Gasteiger partial charge is 0.214 e. The van der Waals surface area contributed by atoms with Crippen LogP contribution in [0.5, 0.6) is 5.75 Å². The van der Waals surface area contributed by atoms with Crippen LogP contribution in [0.2, 0.25) is 0 Å². The number of aliphatic hydroxyl groups is 1. The van der Waals surface area contributed by atoms with Crippen LogP contribution in [0.15, 0.2) is 47.6 Å². The predicted molar refractivity (Wildman–Crippen MR) is 111 cm³/mol. The first-order valence-electron chi connectivity index (χ1n) is 9.34. The maximum absolute atomic E-state index is 10.3. The molecule has 2 aromatic carbocycles. The monoisotopic (exact) mass is 398 g/mol. The lowest BCUT2D eigenvalue weighted by Gasteiger charge is -2.15. The van der Waals surface area contributed by atoms with E-state index in [4.69, 9.17) is 4.74 Å². The molecule has 3 rings (SSSR count). The molecule has 0 saturated heterocycles. The molecule has 0 bridgehead atoms. The molecule has 0 aliphatic heterocycles. The van der Waals surface area contributed by atoms with Gasteiger partial charge in [0.05, 0.1) is 11.8 Å². The van der Waals surface area contributed by atoms with Crippen molar-refractivity contribution in [1.82, 2.24) is 20.2 Å². The highest BCUT2D eigenvalue weighted by Gasteiger charge is 2.14.